The highest BCUT2D eigenvalue weighted by molar-refractivity contribution is 6.10. The normalized spacial score (nSPS) is 17.8. The maximum absolute atomic E-state index is 6.40. The number of rotatable bonds is 4. The smallest absolute Gasteiger partial charge is 0.202 e. The second-order valence-electron chi connectivity index (χ2n) is 11.6. The van der Waals surface area contributed by atoms with Crippen LogP contribution in [0.2, 0.25) is 0 Å². The SMILES string of the molecule is C1=C(c2cccc3c(C4NC(c5ccccc5)=NC(c5ccccc5)N4)cccc23)c2c(oc3cc4ccccc4cc23)NC1. The van der Waals surface area contributed by atoms with Gasteiger partial charge in [-0.15, -0.1) is 0 Å². The topological polar surface area (TPSA) is 61.6 Å². The summed E-state index contributed by atoms with van der Waals surface area (Å²) in [4.78, 5) is 5.11. The van der Waals surface area contributed by atoms with E-state index >= 15 is 0 Å². The quantitative estimate of drug-likeness (QED) is 0.194. The highest BCUT2D eigenvalue weighted by Crippen LogP contribution is 2.44. The molecule has 2 atom stereocenters. The zero-order valence-corrected chi connectivity index (χ0v) is 24.5. The average molecular weight is 583 g/mol. The van der Waals surface area contributed by atoms with Gasteiger partial charge in [-0.05, 0) is 55.9 Å². The van der Waals surface area contributed by atoms with Gasteiger partial charge in [0.25, 0.3) is 0 Å². The summed E-state index contributed by atoms with van der Waals surface area (Å²) in [5.41, 5.74) is 7.78. The minimum atomic E-state index is -0.187. The van der Waals surface area contributed by atoms with Gasteiger partial charge in [-0.1, -0.05) is 127 Å². The molecule has 0 spiro atoms. The molecule has 5 nitrogen and oxygen atoms in total. The molecule has 7 aromatic rings. The van der Waals surface area contributed by atoms with E-state index in [0.29, 0.717) is 6.54 Å². The third-order valence-electron chi connectivity index (χ3n) is 8.98. The first kappa shape index (κ1) is 25.8. The van der Waals surface area contributed by atoms with E-state index in [4.69, 9.17) is 9.41 Å². The molecule has 0 aliphatic carbocycles. The first-order valence-corrected chi connectivity index (χ1v) is 15.4. The summed E-state index contributed by atoms with van der Waals surface area (Å²) in [5.74, 6) is 1.71. The van der Waals surface area contributed by atoms with Gasteiger partial charge in [0.05, 0.1) is 5.56 Å². The lowest BCUT2D eigenvalue weighted by Crippen LogP contribution is -2.45. The first-order chi connectivity index (χ1) is 22.3. The number of hydrogen-bond acceptors (Lipinski definition) is 5. The van der Waals surface area contributed by atoms with Gasteiger partial charge in [0.15, 0.2) is 0 Å². The minimum Gasteiger partial charge on any atom is -0.440 e. The third-order valence-corrected chi connectivity index (χ3v) is 8.98. The number of hydrogen-bond donors (Lipinski definition) is 3. The van der Waals surface area contributed by atoms with Crippen molar-refractivity contribution in [2.75, 3.05) is 11.9 Å². The molecule has 6 aromatic carbocycles. The fourth-order valence-electron chi connectivity index (χ4n) is 6.86. The predicted molar refractivity (Wildman–Crippen MR) is 184 cm³/mol. The van der Waals surface area contributed by atoms with Crippen molar-refractivity contribution in [3.63, 3.8) is 0 Å². The van der Waals surface area contributed by atoms with Crippen LogP contribution in [0.3, 0.4) is 0 Å². The van der Waals surface area contributed by atoms with Crippen molar-refractivity contribution in [3.8, 4) is 0 Å². The fourth-order valence-corrected chi connectivity index (χ4v) is 6.86. The number of nitrogens with one attached hydrogen (secondary N) is 3. The Labute approximate surface area is 260 Å². The summed E-state index contributed by atoms with van der Waals surface area (Å²) < 4.78 is 6.40. The summed E-state index contributed by atoms with van der Waals surface area (Å²) in [6.07, 6.45) is 1.95. The Balaban J connectivity index is 1.17. The van der Waals surface area contributed by atoms with Gasteiger partial charge < -0.3 is 15.1 Å². The van der Waals surface area contributed by atoms with Gasteiger partial charge in [-0.3, -0.25) is 5.32 Å². The van der Waals surface area contributed by atoms with Crippen LogP contribution in [0.25, 0.3) is 38.1 Å². The molecule has 3 heterocycles. The second kappa shape index (κ2) is 10.5. The first-order valence-electron chi connectivity index (χ1n) is 15.4. The molecule has 0 amide bonds. The third kappa shape index (κ3) is 4.40. The van der Waals surface area contributed by atoms with Crippen LogP contribution < -0.4 is 16.0 Å². The maximum atomic E-state index is 6.40. The monoisotopic (exact) mass is 582 g/mol. The van der Waals surface area contributed by atoms with Gasteiger partial charge in [-0.25, -0.2) is 4.99 Å². The number of amidine groups is 1. The number of anilines is 1. The van der Waals surface area contributed by atoms with Gasteiger partial charge in [0.2, 0.25) is 5.88 Å². The van der Waals surface area contributed by atoms with Crippen molar-refractivity contribution in [1.29, 1.82) is 0 Å². The Kier molecular flexibility index (Phi) is 6.03. The molecule has 1 aromatic heterocycles. The maximum Gasteiger partial charge on any atom is 0.202 e. The van der Waals surface area contributed by atoms with E-state index in [1.54, 1.807) is 0 Å². The largest absolute Gasteiger partial charge is 0.440 e. The summed E-state index contributed by atoms with van der Waals surface area (Å²) in [5, 5.41) is 16.9. The van der Waals surface area contributed by atoms with E-state index < -0.39 is 0 Å². The lowest BCUT2D eigenvalue weighted by Gasteiger charge is -2.33. The molecule has 45 heavy (non-hydrogen) atoms. The molecule has 2 aliphatic heterocycles. The highest BCUT2D eigenvalue weighted by Gasteiger charge is 2.28. The number of furan rings is 1. The van der Waals surface area contributed by atoms with Gasteiger partial charge in [0.1, 0.15) is 23.8 Å². The van der Waals surface area contributed by atoms with Crippen molar-refractivity contribution in [1.82, 2.24) is 10.6 Å². The number of aliphatic imine (C=N–C) groups is 1. The second-order valence-corrected chi connectivity index (χ2v) is 11.6. The molecular formula is C40H30N4O. The van der Waals surface area contributed by atoms with Crippen molar-refractivity contribution in [2.24, 2.45) is 4.99 Å². The Morgan fingerprint density at radius 3 is 2.24 bits per heavy atom. The number of fused-ring (bicyclic) bond motifs is 5. The highest BCUT2D eigenvalue weighted by atomic mass is 16.3. The van der Waals surface area contributed by atoms with Crippen LogP contribution in [0, 0.1) is 0 Å². The van der Waals surface area contributed by atoms with Gasteiger partial charge >= 0.3 is 0 Å². The molecule has 0 saturated carbocycles. The van der Waals surface area contributed by atoms with E-state index in [9.17, 15) is 0 Å². The van der Waals surface area contributed by atoms with Crippen molar-refractivity contribution in [3.05, 3.63) is 167 Å². The van der Waals surface area contributed by atoms with Crippen LogP contribution in [-0.4, -0.2) is 12.4 Å². The Hall–Kier alpha value is -5.65. The van der Waals surface area contributed by atoms with Crippen molar-refractivity contribution in [2.45, 2.75) is 12.3 Å². The Morgan fingerprint density at radius 2 is 1.40 bits per heavy atom. The molecule has 2 aliphatic rings. The zero-order chi connectivity index (χ0) is 29.7. The summed E-state index contributed by atoms with van der Waals surface area (Å²) >= 11 is 0. The molecule has 9 rings (SSSR count). The average Bonchev–Trinajstić information content (AvgIpc) is 3.48. The Morgan fingerprint density at radius 1 is 0.667 bits per heavy atom. The molecular weight excluding hydrogens is 552 g/mol. The molecule has 216 valence electrons. The fraction of sp³-hybridized carbons (Fsp3) is 0.0750. The summed E-state index contributed by atoms with van der Waals surface area (Å²) in [6.45, 7) is 0.707. The predicted octanol–water partition coefficient (Wildman–Crippen LogP) is 8.93. The van der Waals surface area contributed by atoms with Crippen LogP contribution in [0.5, 0.6) is 0 Å². The standard InChI is InChI=1S/C40H30N4O/c1-3-11-25(12-4-1)37-42-38(26-13-5-2-6-14-26)44-39(43-37)33-20-10-17-29-30(18-9-19-31(29)33)32-21-22-41-40-36(32)34-23-27-15-7-8-16-28(27)24-35(34)45-40/h1-21,23-24,37,39,41,43H,22H2,(H,42,44). The summed E-state index contributed by atoms with van der Waals surface area (Å²) in [6, 6.07) is 46.9. The zero-order valence-electron chi connectivity index (χ0n) is 24.5. The lowest BCUT2D eigenvalue weighted by molar-refractivity contribution is 0.411. The minimum absolute atomic E-state index is 0.152. The van der Waals surface area contributed by atoms with Crippen molar-refractivity contribution < 1.29 is 4.42 Å². The van der Waals surface area contributed by atoms with E-state index in [1.807, 2.05) is 12.1 Å². The molecule has 5 heteroatoms. The Bertz CT molecular complexity index is 2280. The van der Waals surface area contributed by atoms with Crippen LogP contribution in [0.1, 0.15) is 40.1 Å². The van der Waals surface area contributed by atoms with E-state index in [2.05, 4.69) is 143 Å². The molecule has 2 unspecified atom stereocenters. The van der Waals surface area contributed by atoms with Crippen molar-refractivity contribution >= 4 is 49.8 Å². The van der Waals surface area contributed by atoms with Crippen LogP contribution in [0.4, 0.5) is 5.88 Å². The summed E-state index contributed by atoms with van der Waals surface area (Å²) in [7, 11) is 0. The van der Waals surface area contributed by atoms with E-state index in [-0.39, 0.29) is 12.3 Å². The lowest BCUT2D eigenvalue weighted by atomic mass is 9.89. The van der Waals surface area contributed by atoms with Gasteiger partial charge in [0, 0.05) is 17.5 Å². The molecule has 0 saturated heterocycles. The molecule has 0 fully saturated rings. The van der Waals surface area contributed by atoms with Crippen LogP contribution in [-0.2, 0) is 0 Å². The van der Waals surface area contributed by atoms with E-state index in [0.717, 1.165) is 39.4 Å². The molecule has 0 bridgehead atoms. The van der Waals surface area contributed by atoms with Gasteiger partial charge in [-0.2, -0.15) is 0 Å². The number of benzene rings is 6. The molecule has 3 N–H and O–H groups in total. The molecule has 0 radical (unpaired) electrons. The van der Waals surface area contributed by atoms with Crippen LogP contribution >= 0.6 is 0 Å². The van der Waals surface area contributed by atoms with Crippen LogP contribution in [0.15, 0.2) is 149 Å². The van der Waals surface area contributed by atoms with E-state index in [1.165, 1.54) is 38.2 Å². The number of nitrogens with zero attached hydrogens (tertiary/aromatic N) is 1.